The molecule has 1 aromatic carbocycles. The SMILES string of the molecule is CCc1nnc(NC(=O)CSc2nnc(-c3ccccc3F)n2C)s1. The van der Waals surface area contributed by atoms with Crippen molar-refractivity contribution in [3.8, 4) is 11.4 Å². The van der Waals surface area contributed by atoms with Crippen molar-refractivity contribution in [2.24, 2.45) is 7.05 Å². The topological polar surface area (TPSA) is 85.6 Å². The summed E-state index contributed by atoms with van der Waals surface area (Å²) < 4.78 is 15.6. The van der Waals surface area contributed by atoms with Gasteiger partial charge in [0.15, 0.2) is 11.0 Å². The van der Waals surface area contributed by atoms with Crippen molar-refractivity contribution in [2.45, 2.75) is 18.5 Å². The van der Waals surface area contributed by atoms with Crippen LogP contribution in [-0.2, 0) is 18.3 Å². The lowest BCUT2D eigenvalue weighted by Gasteiger charge is -2.04. The molecule has 0 unspecified atom stereocenters. The Balaban J connectivity index is 1.64. The summed E-state index contributed by atoms with van der Waals surface area (Å²) in [5.74, 6) is -0.0168. The molecule has 130 valence electrons. The molecule has 0 aliphatic heterocycles. The summed E-state index contributed by atoms with van der Waals surface area (Å²) in [6.07, 6.45) is 0.778. The van der Waals surface area contributed by atoms with E-state index in [1.807, 2.05) is 6.92 Å². The molecule has 0 atom stereocenters. The molecule has 0 spiro atoms. The van der Waals surface area contributed by atoms with Gasteiger partial charge in [-0.25, -0.2) is 4.39 Å². The number of aromatic nitrogens is 5. The van der Waals surface area contributed by atoms with Gasteiger partial charge < -0.3 is 4.57 Å². The zero-order chi connectivity index (χ0) is 17.8. The average molecular weight is 378 g/mol. The van der Waals surface area contributed by atoms with E-state index in [2.05, 4.69) is 25.7 Å². The van der Waals surface area contributed by atoms with E-state index in [-0.39, 0.29) is 17.5 Å². The minimum Gasteiger partial charge on any atom is -0.305 e. The number of hydrogen-bond acceptors (Lipinski definition) is 7. The zero-order valence-electron chi connectivity index (χ0n) is 13.6. The van der Waals surface area contributed by atoms with E-state index < -0.39 is 0 Å². The van der Waals surface area contributed by atoms with Crippen LogP contribution in [0.5, 0.6) is 0 Å². The van der Waals surface area contributed by atoms with E-state index in [0.29, 0.717) is 21.7 Å². The van der Waals surface area contributed by atoms with E-state index in [4.69, 9.17) is 0 Å². The number of nitrogens with one attached hydrogen (secondary N) is 1. The Bertz CT molecular complexity index is 894. The maximum absolute atomic E-state index is 13.9. The maximum atomic E-state index is 13.9. The highest BCUT2D eigenvalue weighted by Crippen LogP contribution is 2.24. The number of benzene rings is 1. The highest BCUT2D eigenvalue weighted by atomic mass is 32.2. The van der Waals surface area contributed by atoms with Crippen molar-refractivity contribution in [2.75, 3.05) is 11.1 Å². The second kappa shape index (κ2) is 7.70. The molecule has 2 heterocycles. The number of carbonyl (C=O) groups excluding carboxylic acids is 1. The highest BCUT2D eigenvalue weighted by molar-refractivity contribution is 7.99. The fraction of sp³-hybridized carbons (Fsp3) is 0.267. The van der Waals surface area contributed by atoms with Gasteiger partial charge in [0.05, 0.1) is 11.3 Å². The lowest BCUT2D eigenvalue weighted by atomic mass is 10.2. The van der Waals surface area contributed by atoms with Crippen LogP contribution in [0.4, 0.5) is 9.52 Å². The first-order valence-corrected chi connectivity index (χ1v) is 9.28. The minimum atomic E-state index is -0.365. The molecule has 2 aromatic heterocycles. The summed E-state index contributed by atoms with van der Waals surface area (Å²) in [4.78, 5) is 12.0. The standard InChI is InChI=1S/C15H15FN6OS2/c1-3-12-18-20-14(25-12)17-11(23)8-24-15-21-19-13(22(15)2)9-6-4-5-7-10(9)16/h4-7H,3,8H2,1-2H3,(H,17,20,23). The smallest absolute Gasteiger partial charge is 0.236 e. The van der Waals surface area contributed by atoms with Gasteiger partial charge in [-0.3, -0.25) is 10.1 Å². The molecule has 0 saturated heterocycles. The van der Waals surface area contributed by atoms with Crippen LogP contribution >= 0.6 is 23.1 Å². The van der Waals surface area contributed by atoms with Gasteiger partial charge in [0.1, 0.15) is 10.8 Å². The van der Waals surface area contributed by atoms with Crippen LogP contribution in [0.1, 0.15) is 11.9 Å². The Labute approximate surface area is 151 Å². The Kier molecular flexibility index (Phi) is 5.39. The van der Waals surface area contributed by atoms with Crippen molar-refractivity contribution >= 4 is 34.1 Å². The van der Waals surface area contributed by atoms with Crippen LogP contribution in [0.2, 0.25) is 0 Å². The Morgan fingerprint density at radius 1 is 1.28 bits per heavy atom. The molecule has 0 fully saturated rings. The van der Waals surface area contributed by atoms with Crippen LogP contribution in [0.15, 0.2) is 29.4 Å². The van der Waals surface area contributed by atoms with Crippen molar-refractivity contribution in [3.05, 3.63) is 35.1 Å². The quantitative estimate of drug-likeness (QED) is 0.664. The van der Waals surface area contributed by atoms with Gasteiger partial charge >= 0.3 is 0 Å². The number of thioether (sulfide) groups is 1. The van der Waals surface area contributed by atoms with Crippen LogP contribution in [0.3, 0.4) is 0 Å². The molecular formula is C15H15FN6OS2. The van der Waals surface area contributed by atoms with Crippen LogP contribution in [-0.4, -0.2) is 36.6 Å². The first-order chi connectivity index (χ1) is 12.1. The average Bonchev–Trinajstić information content (AvgIpc) is 3.20. The van der Waals surface area contributed by atoms with Gasteiger partial charge in [0.25, 0.3) is 0 Å². The molecule has 3 aromatic rings. The highest BCUT2D eigenvalue weighted by Gasteiger charge is 2.16. The number of carbonyl (C=O) groups is 1. The lowest BCUT2D eigenvalue weighted by Crippen LogP contribution is -2.14. The van der Waals surface area contributed by atoms with Crippen molar-refractivity contribution < 1.29 is 9.18 Å². The van der Waals surface area contributed by atoms with Gasteiger partial charge in [-0.05, 0) is 18.6 Å². The number of halogens is 1. The summed E-state index contributed by atoms with van der Waals surface area (Å²) in [6.45, 7) is 1.98. The van der Waals surface area contributed by atoms with Gasteiger partial charge in [0, 0.05) is 7.05 Å². The monoisotopic (exact) mass is 378 g/mol. The molecule has 10 heteroatoms. The Morgan fingerprint density at radius 3 is 2.80 bits per heavy atom. The number of anilines is 1. The molecule has 1 N–H and O–H groups in total. The third-order valence-electron chi connectivity index (χ3n) is 3.30. The van der Waals surface area contributed by atoms with E-state index >= 15 is 0 Å². The summed E-state index contributed by atoms with van der Waals surface area (Å²) in [6, 6.07) is 6.37. The Morgan fingerprint density at radius 2 is 2.08 bits per heavy atom. The largest absolute Gasteiger partial charge is 0.305 e. The van der Waals surface area contributed by atoms with Gasteiger partial charge in [0.2, 0.25) is 11.0 Å². The van der Waals surface area contributed by atoms with Crippen LogP contribution in [0, 0.1) is 5.82 Å². The molecular weight excluding hydrogens is 363 g/mol. The lowest BCUT2D eigenvalue weighted by molar-refractivity contribution is -0.113. The van der Waals surface area contributed by atoms with Crippen LogP contribution in [0.25, 0.3) is 11.4 Å². The summed E-state index contributed by atoms with van der Waals surface area (Å²) in [7, 11) is 1.74. The number of amides is 1. The predicted molar refractivity (Wildman–Crippen MR) is 95.0 cm³/mol. The second-order valence-corrected chi connectivity index (χ2v) is 7.04. The van der Waals surface area contributed by atoms with E-state index in [9.17, 15) is 9.18 Å². The maximum Gasteiger partial charge on any atom is 0.236 e. The third-order valence-corrected chi connectivity index (χ3v) is 5.30. The summed E-state index contributed by atoms with van der Waals surface area (Å²) in [5.41, 5.74) is 0.370. The van der Waals surface area contributed by atoms with Crippen molar-refractivity contribution in [1.29, 1.82) is 0 Å². The number of nitrogens with zero attached hydrogens (tertiary/aromatic N) is 5. The van der Waals surface area contributed by atoms with Gasteiger partial charge in [-0.15, -0.1) is 20.4 Å². The van der Waals surface area contributed by atoms with Crippen molar-refractivity contribution in [1.82, 2.24) is 25.0 Å². The molecule has 3 rings (SSSR count). The molecule has 0 aliphatic rings. The number of aryl methyl sites for hydroxylation is 1. The van der Waals surface area contributed by atoms with Gasteiger partial charge in [-0.1, -0.05) is 42.2 Å². The molecule has 25 heavy (non-hydrogen) atoms. The van der Waals surface area contributed by atoms with E-state index in [1.54, 1.807) is 29.8 Å². The number of rotatable bonds is 6. The molecule has 0 aliphatic carbocycles. The van der Waals surface area contributed by atoms with Crippen LogP contribution < -0.4 is 5.32 Å². The zero-order valence-corrected chi connectivity index (χ0v) is 15.2. The first kappa shape index (κ1) is 17.5. The van der Waals surface area contributed by atoms with E-state index in [1.165, 1.54) is 29.2 Å². The fourth-order valence-corrected chi connectivity index (χ4v) is 3.46. The third kappa shape index (κ3) is 4.02. The minimum absolute atomic E-state index is 0.143. The Hall–Kier alpha value is -2.33. The summed E-state index contributed by atoms with van der Waals surface area (Å²) >= 11 is 2.57. The fourth-order valence-electron chi connectivity index (χ4n) is 2.05. The predicted octanol–water partition coefficient (Wildman–Crippen LogP) is 2.77. The second-order valence-electron chi connectivity index (χ2n) is 5.04. The van der Waals surface area contributed by atoms with Gasteiger partial charge in [-0.2, -0.15) is 0 Å². The number of hydrogen-bond donors (Lipinski definition) is 1. The summed E-state index contributed by atoms with van der Waals surface area (Å²) in [5, 5.41) is 20.5. The normalized spacial score (nSPS) is 10.8. The first-order valence-electron chi connectivity index (χ1n) is 7.47. The molecule has 0 bridgehead atoms. The molecule has 7 nitrogen and oxygen atoms in total. The molecule has 1 amide bonds. The molecule has 0 saturated carbocycles. The van der Waals surface area contributed by atoms with Crippen molar-refractivity contribution in [3.63, 3.8) is 0 Å². The molecule has 0 radical (unpaired) electrons. The van der Waals surface area contributed by atoms with E-state index in [0.717, 1.165) is 11.4 Å².